The molecule has 17 heavy (non-hydrogen) atoms. The van der Waals surface area contributed by atoms with Crippen molar-refractivity contribution in [1.82, 2.24) is 0 Å². The molecule has 0 bridgehead atoms. The van der Waals surface area contributed by atoms with Gasteiger partial charge in [-0.1, -0.05) is 48.5 Å². The largest absolute Gasteiger partial charge is 0.295 e. The Hall–Kier alpha value is -1.60. The van der Waals surface area contributed by atoms with Crippen LogP contribution in [0.4, 0.5) is 0 Å². The number of alkyl halides is 1. The van der Waals surface area contributed by atoms with E-state index >= 15 is 0 Å². The van der Waals surface area contributed by atoms with Crippen LogP contribution in [0.5, 0.6) is 0 Å². The second-order valence-electron chi connectivity index (χ2n) is 3.92. The number of hydrogen-bond acceptors (Lipinski definition) is 1. The summed E-state index contributed by atoms with van der Waals surface area (Å²) < 4.78 is 0. The molecular weight excluding hydrogens is 232 g/mol. The van der Waals surface area contributed by atoms with Gasteiger partial charge in [0.25, 0.3) is 0 Å². The zero-order valence-electron chi connectivity index (χ0n) is 9.61. The van der Waals surface area contributed by atoms with Crippen LogP contribution in [-0.4, -0.2) is 5.78 Å². The predicted octanol–water partition coefficient (Wildman–Crippen LogP) is 4.30. The molecule has 0 radical (unpaired) electrons. The van der Waals surface area contributed by atoms with E-state index in [-0.39, 0.29) is 5.78 Å². The first-order chi connectivity index (χ1) is 8.22. The molecule has 0 heterocycles. The summed E-state index contributed by atoms with van der Waals surface area (Å²) in [6.07, 6.45) is 0. The lowest BCUT2D eigenvalue weighted by Crippen LogP contribution is -1.92. The molecule has 0 aliphatic heterocycles. The minimum Gasteiger partial charge on any atom is -0.295 e. The molecule has 2 aromatic rings. The molecule has 0 aliphatic carbocycles. The van der Waals surface area contributed by atoms with E-state index in [2.05, 4.69) is 0 Å². The van der Waals surface area contributed by atoms with Crippen molar-refractivity contribution in [2.24, 2.45) is 0 Å². The number of Topliss-reactive ketones (excluding diaryl/α,β-unsaturated/α-hetero) is 1. The molecule has 86 valence electrons. The van der Waals surface area contributed by atoms with Crippen LogP contribution in [0.2, 0.25) is 0 Å². The summed E-state index contributed by atoms with van der Waals surface area (Å²) in [5, 5.41) is 0. The Labute approximate surface area is 106 Å². The van der Waals surface area contributed by atoms with Crippen LogP contribution in [0.15, 0.2) is 48.5 Å². The van der Waals surface area contributed by atoms with Crippen LogP contribution in [0.3, 0.4) is 0 Å². The molecular formula is C15H13ClO. The second kappa shape index (κ2) is 5.15. The lowest BCUT2D eigenvalue weighted by atomic mass is 9.99. The molecule has 0 N–H and O–H groups in total. The van der Waals surface area contributed by atoms with E-state index < -0.39 is 0 Å². The van der Waals surface area contributed by atoms with Gasteiger partial charge in [0.05, 0.1) is 0 Å². The van der Waals surface area contributed by atoms with E-state index in [1.165, 1.54) is 0 Å². The number of rotatable bonds is 3. The van der Waals surface area contributed by atoms with Crippen molar-refractivity contribution >= 4 is 17.4 Å². The summed E-state index contributed by atoms with van der Waals surface area (Å²) in [6.45, 7) is 1.57. The molecule has 0 spiro atoms. The van der Waals surface area contributed by atoms with Crippen LogP contribution < -0.4 is 0 Å². The number of carbonyl (C=O) groups is 1. The number of benzene rings is 2. The van der Waals surface area contributed by atoms with Crippen molar-refractivity contribution in [3.63, 3.8) is 0 Å². The van der Waals surface area contributed by atoms with Crippen LogP contribution >= 0.6 is 11.6 Å². The third kappa shape index (κ3) is 2.56. The van der Waals surface area contributed by atoms with Gasteiger partial charge >= 0.3 is 0 Å². The number of ketones is 1. The van der Waals surface area contributed by atoms with Crippen molar-refractivity contribution < 1.29 is 4.79 Å². The van der Waals surface area contributed by atoms with E-state index in [1.807, 2.05) is 48.5 Å². The van der Waals surface area contributed by atoms with Gasteiger partial charge in [-0.25, -0.2) is 0 Å². The van der Waals surface area contributed by atoms with Crippen LogP contribution in [0, 0.1) is 0 Å². The van der Waals surface area contributed by atoms with E-state index in [0.29, 0.717) is 5.88 Å². The van der Waals surface area contributed by atoms with Crippen molar-refractivity contribution in [3.8, 4) is 11.1 Å². The Morgan fingerprint density at radius 3 is 2.29 bits per heavy atom. The molecule has 0 amide bonds. The first-order valence-corrected chi connectivity index (χ1v) is 6.01. The molecule has 0 unspecified atom stereocenters. The van der Waals surface area contributed by atoms with E-state index in [1.54, 1.807) is 6.92 Å². The first-order valence-electron chi connectivity index (χ1n) is 5.47. The highest BCUT2D eigenvalue weighted by Crippen LogP contribution is 2.25. The summed E-state index contributed by atoms with van der Waals surface area (Å²) in [7, 11) is 0. The molecule has 2 heteroatoms. The Balaban J connectivity index is 2.43. The van der Waals surface area contributed by atoms with Crippen LogP contribution in [0.1, 0.15) is 22.8 Å². The Morgan fingerprint density at radius 1 is 1.06 bits per heavy atom. The third-order valence-corrected chi connectivity index (χ3v) is 3.05. The highest BCUT2D eigenvalue weighted by atomic mass is 35.5. The molecule has 2 rings (SSSR count). The lowest BCUT2D eigenvalue weighted by Gasteiger charge is -2.07. The van der Waals surface area contributed by atoms with Gasteiger partial charge in [-0.3, -0.25) is 4.79 Å². The molecule has 0 saturated carbocycles. The maximum absolute atomic E-state index is 11.2. The summed E-state index contributed by atoms with van der Waals surface area (Å²) in [4.78, 5) is 11.2. The van der Waals surface area contributed by atoms with Gasteiger partial charge in [0.2, 0.25) is 0 Å². The number of halogens is 1. The van der Waals surface area contributed by atoms with Crippen LogP contribution in [-0.2, 0) is 5.88 Å². The van der Waals surface area contributed by atoms with Crippen molar-refractivity contribution in [1.29, 1.82) is 0 Å². The fraction of sp³-hybridized carbons (Fsp3) is 0.133. The van der Waals surface area contributed by atoms with Crippen LogP contribution in [0.25, 0.3) is 11.1 Å². The third-order valence-electron chi connectivity index (χ3n) is 2.76. The topological polar surface area (TPSA) is 17.1 Å². The molecule has 0 saturated heterocycles. The Kier molecular flexibility index (Phi) is 3.60. The minimum absolute atomic E-state index is 0.0854. The highest BCUT2D eigenvalue weighted by molar-refractivity contribution is 6.17. The molecule has 0 aliphatic rings. The molecule has 0 atom stereocenters. The fourth-order valence-electron chi connectivity index (χ4n) is 1.80. The zero-order valence-corrected chi connectivity index (χ0v) is 10.4. The van der Waals surface area contributed by atoms with E-state index in [0.717, 1.165) is 22.3 Å². The maximum atomic E-state index is 11.2. The highest BCUT2D eigenvalue weighted by Gasteiger charge is 2.04. The van der Waals surface area contributed by atoms with Gasteiger partial charge < -0.3 is 0 Å². The van der Waals surface area contributed by atoms with Crippen molar-refractivity contribution in [2.75, 3.05) is 0 Å². The SMILES string of the molecule is CC(=O)c1ccc(-c2ccccc2CCl)cc1. The lowest BCUT2D eigenvalue weighted by molar-refractivity contribution is 0.101. The molecule has 1 nitrogen and oxygen atoms in total. The van der Waals surface area contributed by atoms with Gasteiger partial charge in [0.15, 0.2) is 5.78 Å². The van der Waals surface area contributed by atoms with E-state index in [4.69, 9.17) is 11.6 Å². The summed E-state index contributed by atoms with van der Waals surface area (Å²) in [5.41, 5.74) is 4.05. The summed E-state index contributed by atoms with van der Waals surface area (Å²) >= 11 is 5.91. The maximum Gasteiger partial charge on any atom is 0.159 e. The zero-order chi connectivity index (χ0) is 12.3. The molecule has 0 aromatic heterocycles. The van der Waals surface area contributed by atoms with Crippen molar-refractivity contribution in [3.05, 3.63) is 59.7 Å². The quantitative estimate of drug-likeness (QED) is 0.581. The van der Waals surface area contributed by atoms with Gasteiger partial charge in [-0.05, 0) is 23.6 Å². The summed E-state index contributed by atoms with van der Waals surface area (Å²) in [5.74, 6) is 0.576. The summed E-state index contributed by atoms with van der Waals surface area (Å²) in [6, 6.07) is 15.6. The average Bonchev–Trinajstić information content (AvgIpc) is 2.39. The predicted molar refractivity (Wildman–Crippen MR) is 71.4 cm³/mol. The van der Waals surface area contributed by atoms with Gasteiger partial charge in [0.1, 0.15) is 0 Å². The monoisotopic (exact) mass is 244 g/mol. The average molecular weight is 245 g/mol. The second-order valence-corrected chi connectivity index (χ2v) is 4.19. The standard InChI is InChI=1S/C15H13ClO/c1-11(17)12-6-8-13(9-7-12)15-5-3-2-4-14(15)10-16/h2-9H,10H2,1H3. The minimum atomic E-state index is 0.0854. The van der Waals surface area contributed by atoms with E-state index in [9.17, 15) is 4.79 Å². The van der Waals surface area contributed by atoms with Gasteiger partial charge in [0, 0.05) is 11.4 Å². The smallest absolute Gasteiger partial charge is 0.159 e. The fourth-order valence-corrected chi connectivity index (χ4v) is 2.04. The van der Waals surface area contributed by atoms with Gasteiger partial charge in [-0.15, -0.1) is 11.6 Å². The van der Waals surface area contributed by atoms with Crippen molar-refractivity contribution in [2.45, 2.75) is 12.8 Å². The Morgan fingerprint density at radius 2 is 1.71 bits per heavy atom. The normalized spacial score (nSPS) is 10.2. The molecule has 0 fully saturated rings. The Bertz CT molecular complexity index is 529. The number of hydrogen-bond donors (Lipinski definition) is 0. The first kappa shape index (κ1) is 11.9. The molecule has 2 aromatic carbocycles. The number of carbonyl (C=O) groups excluding carboxylic acids is 1. The van der Waals surface area contributed by atoms with Gasteiger partial charge in [-0.2, -0.15) is 0 Å².